The first-order chi connectivity index (χ1) is 15.9. The van der Waals surface area contributed by atoms with Crippen LogP contribution in [0.1, 0.15) is 91.9 Å². The van der Waals surface area contributed by atoms with Gasteiger partial charge in [-0.2, -0.15) is 0 Å². The number of hydrogen-bond acceptors (Lipinski definition) is 4. The fourth-order valence-electron chi connectivity index (χ4n) is 3.71. The van der Waals surface area contributed by atoms with Crippen LogP contribution < -0.4 is 0 Å². The van der Waals surface area contributed by atoms with E-state index in [0.717, 1.165) is 0 Å². The molecule has 198 valence electrons. The molecule has 0 aliphatic heterocycles. The molecule has 2 aliphatic carbocycles. The average Bonchev–Trinajstić information content (AvgIpc) is 2.83. The largest absolute Gasteiger partial charge is 0.507 e. The molecule has 0 saturated heterocycles. The summed E-state index contributed by atoms with van der Waals surface area (Å²) in [7, 11) is 0. The smallest absolute Gasteiger partial charge is 0.129 e. The van der Waals surface area contributed by atoms with E-state index < -0.39 is 0 Å². The SMILES string of the molecule is CCCC[N+](CCCC)(CCCC)CCCC.OC1=CC=CCC1=S.OC1=CC=CCC1=S.[Ni]. The van der Waals surface area contributed by atoms with Gasteiger partial charge in [0, 0.05) is 29.3 Å². The molecule has 2 rings (SSSR count). The first-order valence-corrected chi connectivity index (χ1v) is 13.7. The normalized spacial score (nSPS) is 14.7. The molecule has 0 radical (unpaired) electrons. The Morgan fingerprint density at radius 3 is 1.12 bits per heavy atom. The molecule has 2 N–H and O–H groups in total. The summed E-state index contributed by atoms with van der Waals surface area (Å²) in [6.45, 7) is 15.0. The summed E-state index contributed by atoms with van der Waals surface area (Å²) in [5.74, 6) is 0.477. The van der Waals surface area contributed by atoms with Gasteiger partial charge in [0.25, 0.3) is 0 Å². The van der Waals surface area contributed by atoms with Gasteiger partial charge in [-0.3, -0.25) is 0 Å². The molecule has 0 saturated carbocycles. The molecular weight excluding hydrogens is 505 g/mol. The van der Waals surface area contributed by atoms with Gasteiger partial charge in [-0.25, -0.2) is 0 Å². The Morgan fingerprint density at radius 2 is 0.941 bits per heavy atom. The van der Waals surface area contributed by atoms with E-state index in [9.17, 15) is 0 Å². The number of hydrogen-bond donors (Lipinski definition) is 2. The van der Waals surface area contributed by atoms with Gasteiger partial charge < -0.3 is 14.7 Å². The van der Waals surface area contributed by atoms with Crippen LogP contribution in [-0.4, -0.2) is 50.6 Å². The molecule has 0 fully saturated rings. The van der Waals surface area contributed by atoms with Crippen molar-refractivity contribution in [2.45, 2.75) is 91.9 Å². The van der Waals surface area contributed by atoms with Crippen molar-refractivity contribution >= 4 is 34.2 Å². The first-order valence-electron chi connectivity index (χ1n) is 12.9. The molecule has 0 bridgehead atoms. The Bertz CT molecular complexity index is 606. The average molecular weight is 554 g/mol. The number of quaternary nitrogens is 1. The second-order valence-corrected chi connectivity index (χ2v) is 9.85. The van der Waals surface area contributed by atoms with Gasteiger partial charge in [0.1, 0.15) is 11.5 Å². The molecule has 0 unspecified atom stereocenters. The van der Waals surface area contributed by atoms with Gasteiger partial charge in [0.05, 0.1) is 35.9 Å². The van der Waals surface area contributed by atoms with Crippen molar-refractivity contribution in [3.8, 4) is 0 Å². The minimum absolute atomic E-state index is 0. The van der Waals surface area contributed by atoms with Gasteiger partial charge in [-0.1, -0.05) is 102 Å². The van der Waals surface area contributed by atoms with Crippen molar-refractivity contribution in [2.24, 2.45) is 0 Å². The summed E-state index contributed by atoms with van der Waals surface area (Å²) in [6, 6.07) is 0. The molecular formula is C28H48NNiO2S2+. The standard InChI is InChI=1S/C16H36N.2C6H6OS.Ni/c1-5-9-13-17(14-10-6-2,15-11-7-3)16-12-8-4;2*7-5-3-1-2-4-6(5)8;/h5-16H2,1-4H3;2*1-3,7H,4H2;/q+1;;;. The topological polar surface area (TPSA) is 40.5 Å². The van der Waals surface area contributed by atoms with Crippen molar-refractivity contribution < 1.29 is 31.2 Å². The molecule has 3 nitrogen and oxygen atoms in total. The molecule has 6 heteroatoms. The Hall–Kier alpha value is -0.806. The predicted molar refractivity (Wildman–Crippen MR) is 153 cm³/mol. The van der Waals surface area contributed by atoms with E-state index in [1.807, 2.05) is 12.2 Å². The fourth-order valence-corrected chi connectivity index (χ4v) is 4.04. The van der Waals surface area contributed by atoms with Gasteiger partial charge in [0.2, 0.25) is 0 Å². The number of allylic oxidation sites excluding steroid dienone is 8. The Morgan fingerprint density at radius 1 is 0.647 bits per heavy atom. The van der Waals surface area contributed by atoms with E-state index >= 15 is 0 Å². The summed E-state index contributed by atoms with van der Waals surface area (Å²) in [6.07, 6.45) is 23.1. The molecule has 0 spiro atoms. The van der Waals surface area contributed by atoms with E-state index in [4.69, 9.17) is 34.6 Å². The summed E-state index contributed by atoms with van der Waals surface area (Å²) in [4.78, 5) is 1.26. The van der Waals surface area contributed by atoms with Crippen molar-refractivity contribution in [2.75, 3.05) is 26.2 Å². The van der Waals surface area contributed by atoms with Crippen molar-refractivity contribution in [3.63, 3.8) is 0 Å². The number of nitrogens with zero attached hydrogens (tertiary/aromatic N) is 1. The molecule has 0 aromatic carbocycles. The summed E-state index contributed by atoms with van der Waals surface area (Å²) < 4.78 is 1.42. The molecule has 34 heavy (non-hydrogen) atoms. The second-order valence-electron chi connectivity index (χ2n) is 8.87. The molecule has 0 heterocycles. The third-order valence-electron chi connectivity index (χ3n) is 5.90. The minimum Gasteiger partial charge on any atom is -0.507 e. The van der Waals surface area contributed by atoms with Crippen LogP contribution in [0.2, 0.25) is 0 Å². The third-order valence-corrected chi connectivity index (χ3v) is 6.65. The van der Waals surface area contributed by atoms with Crippen LogP contribution in [0, 0.1) is 0 Å². The third kappa shape index (κ3) is 16.8. The van der Waals surface area contributed by atoms with Crippen molar-refractivity contribution in [1.29, 1.82) is 0 Å². The maximum Gasteiger partial charge on any atom is 0.129 e. The quantitative estimate of drug-likeness (QED) is 0.144. The summed E-state index contributed by atoms with van der Waals surface area (Å²) in [5.41, 5.74) is 0. The minimum atomic E-state index is 0. The maximum atomic E-state index is 8.85. The van der Waals surface area contributed by atoms with Gasteiger partial charge in [0.15, 0.2) is 0 Å². The number of thiocarbonyl (C=S) groups is 2. The van der Waals surface area contributed by atoms with Crippen LogP contribution in [0.15, 0.2) is 48.0 Å². The number of aliphatic hydroxyl groups is 2. The van der Waals surface area contributed by atoms with E-state index in [2.05, 4.69) is 27.7 Å². The molecule has 0 amide bonds. The summed E-state index contributed by atoms with van der Waals surface area (Å²) >= 11 is 9.52. The van der Waals surface area contributed by atoms with Gasteiger partial charge >= 0.3 is 0 Å². The number of rotatable bonds is 12. The molecule has 0 aromatic heterocycles. The van der Waals surface area contributed by atoms with E-state index in [1.54, 1.807) is 24.3 Å². The van der Waals surface area contributed by atoms with Crippen molar-refractivity contribution in [1.82, 2.24) is 0 Å². The maximum absolute atomic E-state index is 8.85. The van der Waals surface area contributed by atoms with E-state index in [0.29, 0.717) is 22.6 Å². The summed E-state index contributed by atoms with van der Waals surface area (Å²) in [5, 5.41) is 17.7. The Kier molecular flexibility index (Phi) is 23.5. The monoisotopic (exact) mass is 552 g/mol. The van der Waals surface area contributed by atoms with Gasteiger partial charge in [-0.05, 0) is 37.8 Å². The van der Waals surface area contributed by atoms with E-state index in [1.165, 1.54) is 82.0 Å². The predicted octanol–water partition coefficient (Wildman–Crippen LogP) is 8.52. The molecule has 2 aliphatic rings. The second kappa shape index (κ2) is 22.6. The zero-order valence-electron chi connectivity index (χ0n) is 21.8. The van der Waals surface area contributed by atoms with Crippen LogP contribution >= 0.6 is 24.4 Å². The Labute approximate surface area is 230 Å². The number of unbranched alkanes of at least 4 members (excludes halogenated alkanes) is 4. The van der Waals surface area contributed by atoms with Crippen LogP contribution in [0.3, 0.4) is 0 Å². The first kappa shape index (κ1) is 35.4. The fraction of sp³-hybridized carbons (Fsp3) is 0.643. The van der Waals surface area contributed by atoms with Crippen LogP contribution in [0.5, 0.6) is 0 Å². The van der Waals surface area contributed by atoms with Crippen LogP contribution in [0.4, 0.5) is 0 Å². The zero-order chi connectivity index (χ0) is 25.0. The molecule has 0 aromatic rings. The Balaban J connectivity index is 0. The van der Waals surface area contributed by atoms with E-state index in [-0.39, 0.29) is 28.0 Å². The number of aliphatic hydroxyl groups excluding tert-OH is 2. The van der Waals surface area contributed by atoms with Crippen molar-refractivity contribution in [3.05, 3.63) is 48.0 Å². The van der Waals surface area contributed by atoms with Crippen LogP contribution in [0.25, 0.3) is 0 Å². The van der Waals surface area contributed by atoms with Crippen LogP contribution in [-0.2, 0) is 16.5 Å². The van der Waals surface area contributed by atoms with Gasteiger partial charge in [-0.15, -0.1) is 0 Å². The zero-order valence-corrected chi connectivity index (χ0v) is 24.5. The molecule has 0 atom stereocenters.